The number of nitrogens with zero attached hydrogens (tertiary/aromatic N) is 1. The first kappa shape index (κ1) is 20.5. The average Bonchev–Trinajstić information content (AvgIpc) is 2.75. The second kappa shape index (κ2) is 9.21. The van der Waals surface area contributed by atoms with Crippen LogP contribution in [0.3, 0.4) is 0 Å². The highest BCUT2D eigenvalue weighted by molar-refractivity contribution is 4.95. The fraction of sp³-hybridized carbons (Fsp3) is 0.895. The minimum Gasteiger partial charge on any atom is -0.399 e. The third kappa shape index (κ3) is 5.58. The summed E-state index contributed by atoms with van der Waals surface area (Å²) in [7, 11) is 1.70. The smallest absolute Gasteiger partial charge is 0.157 e. The summed E-state index contributed by atoms with van der Waals surface area (Å²) in [4.78, 5) is 0. The molecule has 2 fully saturated rings. The maximum absolute atomic E-state index is 10.5. The molecule has 7 atom stereocenters. The molecule has 1 aliphatic carbocycles. The fourth-order valence-electron chi connectivity index (χ4n) is 4.65. The second-order valence-corrected chi connectivity index (χ2v) is 8.20. The van der Waals surface area contributed by atoms with E-state index in [4.69, 9.17) is 21.1 Å². The van der Waals surface area contributed by atoms with Gasteiger partial charge in [-0.2, -0.15) is 0 Å². The quantitative estimate of drug-likeness (QED) is 0.383. The number of rotatable bonds is 6. The van der Waals surface area contributed by atoms with Crippen molar-refractivity contribution >= 4 is 0 Å². The van der Waals surface area contributed by atoms with Gasteiger partial charge in [-0.15, -0.1) is 0 Å². The van der Waals surface area contributed by atoms with E-state index in [-0.39, 0.29) is 12.5 Å². The molecule has 0 aromatic rings. The molecule has 1 aliphatic heterocycles. The van der Waals surface area contributed by atoms with Crippen molar-refractivity contribution in [2.45, 2.75) is 58.8 Å². The summed E-state index contributed by atoms with van der Waals surface area (Å²) >= 11 is 0. The molecule has 0 aromatic heterocycles. The molecule has 6 heteroatoms. The van der Waals surface area contributed by atoms with E-state index < -0.39 is 6.29 Å². The highest BCUT2D eigenvalue weighted by atomic mass is 16.6. The zero-order valence-corrected chi connectivity index (χ0v) is 16.2. The number of hydrogen-bond donors (Lipinski definition) is 3. The number of ether oxygens (including phenoxy) is 2. The SMILES string of the molecule is CC1CC[C@@H]2C(CO1)[C@H](C(C)[C@@H](O)OC/C(N)=C/N(C)N)CC[C@H]2C. The predicted octanol–water partition coefficient (Wildman–Crippen LogP) is 2.04. The minimum atomic E-state index is -0.824. The van der Waals surface area contributed by atoms with E-state index in [0.29, 0.717) is 29.6 Å². The molecule has 0 spiro atoms. The van der Waals surface area contributed by atoms with Gasteiger partial charge in [0.05, 0.1) is 25.0 Å². The van der Waals surface area contributed by atoms with E-state index in [1.165, 1.54) is 17.9 Å². The first-order valence-electron chi connectivity index (χ1n) is 9.64. The van der Waals surface area contributed by atoms with Gasteiger partial charge in [-0.25, -0.2) is 5.84 Å². The van der Waals surface area contributed by atoms with Crippen LogP contribution in [0, 0.1) is 29.6 Å². The van der Waals surface area contributed by atoms with Gasteiger partial charge in [-0.05, 0) is 49.9 Å². The number of hydrazine groups is 1. The molecule has 1 saturated heterocycles. The molecule has 6 nitrogen and oxygen atoms in total. The summed E-state index contributed by atoms with van der Waals surface area (Å²) in [6.45, 7) is 7.61. The van der Waals surface area contributed by atoms with Crippen molar-refractivity contribution in [2.75, 3.05) is 20.3 Å². The number of nitrogens with two attached hydrogens (primary N) is 2. The maximum atomic E-state index is 10.5. The Morgan fingerprint density at radius 3 is 2.68 bits per heavy atom. The number of aliphatic hydroxyl groups excluding tert-OH is 1. The van der Waals surface area contributed by atoms with Crippen LogP contribution in [0.5, 0.6) is 0 Å². The van der Waals surface area contributed by atoms with Gasteiger partial charge in [0.25, 0.3) is 0 Å². The molecule has 1 saturated carbocycles. The second-order valence-electron chi connectivity index (χ2n) is 8.20. The van der Waals surface area contributed by atoms with Crippen molar-refractivity contribution in [2.24, 2.45) is 41.2 Å². The Morgan fingerprint density at radius 2 is 2.00 bits per heavy atom. The van der Waals surface area contributed by atoms with Crippen LogP contribution in [-0.2, 0) is 9.47 Å². The normalized spacial score (nSPS) is 36.2. The van der Waals surface area contributed by atoms with E-state index in [1.54, 1.807) is 13.2 Å². The molecule has 3 unspecified atom stereocenters. The third-order valence-corrected chi connectivity index (χ3v) is 6.18. The summed E-state index contributed by atoms with van der Waals surface area (Å²) in [5.74, 6) is 7.94. The monoisotopic (exact) mass is 355 g/mol. The highest BCUT2D eigenvalue weighted by Crippen LogP contribution is 2.46. The zero-order valence-electron chi connectivity index (χ0n) is 16.2. The Hall–Kier alpha value is -0.820. The predicted molar refractivity (Wildman–Crippen MR) is 98.9 cm³/mol. The summed E-state index contributed by atoms with van der Waals surface area (Å²) in [5, 5.41) is 11.9. The Labute approximate surface area is 152 Å². The molecule has 2 aliphatic rings. The van der Waals surface area contributed by atoms with Crippen molar-refractivity contribution < 1.29 is 14.6 Å². The Kier molecular flexibility index (Phi) is 7.55. The largest absolute Gasteiger partial charge is 0.399 e. The number of fused-ring (bicyclic) bond motifs is 1. The van der Waals surface area contributed by atoms with Crippen LogP contribution in [0.15, 0.2) is 11.9 Å². The summed E-state index contributed by atoms with van der Waals surface area (Å²) in [5.41, 5.74) is 6.34. The van der Waals surface area contributed by atoms with Crippen LogP contribution in [0.2, 0.25) is 0 Å². The van der Waals surface area contributed by atoms with Gasteiger partial charge in [0, 0.05) is 19.2 Å². The molecule has 5 N–H and O–H groups in total. The van der Waals surface area contributed by atoms with Gasteiger partial charge < -0.3 is 25.3 Å². The van der Waals surface area contributed by atoms with Crippen molar-refractivity contribution in [3.63, 3.8) is 0 Å². The van der Waals surface area contributed by atoms with E-state index in [2.05, 4.69) is 20.8 Å². The van der Waals surface area contributed by atoms with Crippen molar-refractivity contribution in [1.29, 1.82) is 0 Å². The first-order chi connectivity index (χ1) is 11.8. The first-order valence-corrected chi connectivity index (χ1v) is 9.64. The van der Waals surface area contributed by atoms with Crippen molar-refractivity contribution in [1.82, 2.24) is 5.01 Å². The van der Waals surface area contributed by atoms with E-state index in [0.717, 1.165) is 25.4 Å². The van der Waals surface area contributed by atoms with Crippen LogP contribution in [0.1, 0.15) is 46.5 Å². The van der Waals surface area contributed by atoms with Gasteiger partial charge in [0.2, 0.25) is 0 Å². The lowest BCUT2D eigenvalue weighted by Crippen LogP contribution is -2.42. The zero-order chi connectivity index (χ0) is 18.6. The molecule has 0 radical (unpaired) electrons. The molecular weight excluding hydrogens is 318 g/mol. The van der Waals surface area contributed by atoms with Crippen LogP contribution in [-0.4, -0.2) is 42.8 Å². The molecule has 25 heavy (non-hydrogen) atoms. The molecule has 0 amide bonds. The Bertz CT molecular complexity index is 444. The Balaban J connectivity index is 1.98. The minimum absolute atomic E-state index is 0.0559. The topological polar surface area (TPSA) is 94.0 Å². The molecule has 2 rings (SSSR count). The number of aliphatic hydroxyl groups is 1. The van der Waals surface area contributed by atoms with E-state index >= 15 is 0 Å². The van der Waals surface area contributed by atoms with Gasteiger partial charge >= 0.3 is 0 Å². The van der Waals surface area contributed by atoms with Crippen LogP contribution in [0.25, 0.3) is 0 Å². The lowest BCUT2D eigenvalue weighted by Gasteiger charge is -2.44. The molecule has 146 valence electrons. The highest BCUT2D eigenvalue weighted by Gasteiger charge is 2.42. The average molecular weight is 356 g/mol. The summed E-state index contributed by atoms with van der Waals surface area (Å²) in [6, 6.07) is 0. The van der Waals surface area contributed by atoms with Gasteiger partial charge in [0.1, 0.15) is 0 Å². The van der Waals surface area contributed by atoms with E-state index in [1.807, 2.05) is 0 Å². The summed E-state index contributed by atoms with van der Waals surface area (Å²) < 4.78 is 11.7. The van der Waals surface area contributed by atoms with Crippen molar-refractivity contribution in [3.05, 3.63) is 11.9 Å². The van der Waals surface area contributed by atoms with Gasteiger partial charge in [-0.1, -0.05) is 20.3 Å². The molecule has 1 heterocycles. The van der Waals surface area contributed by atoms with Crippen molar-refractivity contribution in [3.8, 4) is 0 Å². The van der Waals surface area contributed by atoms with Crippen LogP contribution < -0.4 is 11.6 Å². The third-order valence-electron chi connectivity index (χ3n) is 6.18. The molecule has 0 bridgehead atoms. The fourth-order valence-corrected chi connectivity index (χ4v) is 4.65. The van der Waals surface area contributed by atoms with Gasteiger partial charge in [-0.3, -0.25) is 0 Å². The molecular formula is C19H37N3O3. The van der Waals surface area contributed by atoms with Crippen LogP contribution >= 0.6 is 0 Å². The maximum Gasteiger partial charge on any atom is 0.157 e. The van der Waals surface area contributed by atoms with E-state index in [9.17, 15) is 5.11 Å². The molecule has 0 aromatic carbocycles. The number of hydrogen-bond acceptors (Lipinski definition) is 6. The standard InChI is InChI=1S/C19H37N3O3/c1-12-5-7-17(18-11-24-13(2)6-8-16(12)18)14(3)19(23)25-10-15(20)9-22(4)21/h9,12-14,16-19,23H,5-8,10-11,20-21H2,1-4H3/b15-9-/t12-,13?,14?,16+,17+,18?,19+/m1/s1. The lowest BCUT2D eigenvalue weighted by atomic mass is 9.62. The summed E-state index contributed by atoms with van der Waals surface area (Å²) in [6.07, 6.45) is 5.82. The Morgan fingerprint density at radius 1 is 1.28 bits per heavy atom. The van der Waals surface area contributed by atoms with Gasteiger partial charge in [0.15, 0.2) is 6.29 Å². The van der Waals surface area contributed by atoms with Crippen LogP contribution in [0.4, 0.5) is 0 Å². The lowest BCUT2D eigenvalue weighted by molar-refractivity contribution is -0.152.